The standard InChI is InChI=1S/C13H24N4O2/c1-2-15-13(19)17-6-5-11(9-17)16-12(18)8-14-7-10-3-4-10/h10-11,14H,2-9H2,1H3,(H,15,19)(H,16,18). The minimum Gasteiger partial charge on any atom is -0.350 e. The highest BCUT2D eigenvalue weighted by Gasteiger charge is 2.27. The van der Waals surface area contributed by atoms with E-state index in [1.807, 2.05) is 6.92 Å². The van der Waals surface area contributed by atoms with E-state index < -0.39 is 0 Å². The van der Waals surface area contributed by atoms with E-state index in [2.05, 4.69) is 16.0 Å². The molecule has 0 spiro atoms. The van der Waals surface area contributed by atoms with Crippen LogP contribution in [0.15, 0.2) is 0 Å². The Kier molecular flexibility index (Phi) is 5.01. The zero-order valence-electron chi connectivity index (χ0n) is 11.6. The van der Waals surface area contributed by atoms with Crippen LogP contribution in [0.1, 0.15) is 26.2 Å². The maximum absolute atomic E-state index is 11.7. The molecular weight excluding hydrogens is 244 g/mol. The molecule has 6 nitrogen and oxygen atoms in total. The molecule has 1 saturated heterocycles. The molecule has 1 aliphatic heterocycles. The van der Waals surface area contributed by atoms with Crippen molar-refractivity contribution >= 4 is 11.9 Å². The van der Waals surface area contributed by atoms with Gasteiger partial charge in [-0.25, -0.2) is 4.79 Å². The molecule has 0 bridgehead atoms. The third-order valence-corrected chi connectivity index (χ3v) is 3.58. The first kappa shape index (κ1) is 14.1. The third-order valence-electron chi connectivity index (χ3n) is 3.58. The van der Waals surface area contributed by atoms with Crippen LogP contribution in [0.5, 0.6) is 0 Å². The lowest BCUT2D eigenvalue weighted by atomic mass is 10.2. The van der Waals surface area contributed by atoms with Gasteiger partial charge in [-0.3, -0.25) is 4.79 Å². The molecule has 2 rings (SSSR count). The average molecular weight is 268 g/mol. The van der Waals surface area contributed by atoms with Gasteiger partial charge in [-0.2, -0.15) is 0 Å². The second-order valence-corrected chi connectivity index (χ2v) is 5.41. The SMILES string of the molecule is CCNC(=O)N1CCC(NC(=O)CNCC2CC2)C1. The Morgan fingerprint density at radius 1 is 1.26 bits per heavy atom. The predicted octanol–water partition coefficient (Wildman–Crippen LogP) is -0.0940. The van der Waals surface area contributed by atoms with Crippen LogP contribution < -0.4 is 16.0 Å². The van der Waals surface area contributed by atoms with Gasteiger partial charge in [-0.15, -0.1) is 0 Å². The van der Waals surface area contributed by atoms with Crippen molar-refractivity contribution < 1.29 is 9.59 Å². The van der Waals surface area contributed by atoms with Gasteiger partial charge in [-0.1, -0.05) is 0 Å². The molecule has 108 valence electrons. The van der Waals surface area contributed by atoms with Gasteiger partial charge >= 0.3 is 6.03 Å². The van der Waals surface area contributed by atoms with Gasteiger partial charge in [-0.05, 0) is 38.6 Å². The lowest BCUT2D eigenvalue weighted by Crippen LogP contribution is -2.44. The predicted molar refractivity (Wildman–Crippen MR) is 72.8 cm³/mol. The van der Waals surface area contributed by atoms with Gasteiger partial charge in [0.1, 0.15) is 0 Å². The number of carbonyl (C=O) groups excluding carboxylic acids is 2. The Morgan fingerprint density at radius 3 is 2.74 bits per heavy atom. The number of amides is 3. The molecular formula is C13H24N4O2. The number of carbonyl (C=O) groups is 2. The quantitative estimate of drug-likeness (QED) is 0.630. The molecule has 19 heavy (non-hydrogen) atoms. The molecule has 0 radical (unpaired) electrons. The fourth-order valence-electron chi connectivity index (χ4n) is 2.32. The average Bonchev–Trinajstić information content (AvgIpc) is 3.07. The summed E-state index contributed by atoms with van der Waals surface area (Å²) < 4.78 is 0. The van der Waals surface area contributed by atoms with E-state index in [1.165, 1.54) is 12.8 Å². The fraction of sp³-hybridized carbons (Fsp3) is 0.846. The fourth-order valence-corrected chi connectivity index (χ4v) is 2.32. The van der Waals surface area contributed by atoms with Crippen LogP contribution in [0.4, 0.5) is 4.79 Å². The van der Waals surface area contributed by atoms with Crippen molar-refractivity contribution in [2.24, 2.45) is 5.92 Å². The Bertz CT molecular complexity index is 331. The largest absolute Gasteiger partial charge is 0.350 e. The highest BCUT2D eigenvalue weighted by atomic mass is 16.2. The maximum Gasteiger partial charge on any atom is 0.317 e. The summed E-state index contributed by atoms with van der Waals surface area (Å²) in [6, 6.07) is 0.0592. The van der Waals surface area contributed by atoms with Gasteiger partial charge in [0, 0.05) is 25.7 Å². The zero-order chi connectivity index (χ0) is 13.7. The molecule has 2 aliphatic rings. The normalized spacial score (nSPS) is 22.4. The van der Waals surface area contributed by atoms with Crippen LogP contribution in [0.3, 0.4) is 0 Å². The Balaban J connectivity index is 1.60. The van der Waals surface area contributed by atoms with Crippen molar-refractivity contribution in [2.45, 2.75) is 32.2 Å². The third kappa shape index (κ3) is 4.70. The molecule has 1 unspecified atom stereocenters. The Hall–Kier alpha value is -1.30. The van der Waals surface area contributed by atoms with Gasteiger partial charge in [0.15, 0.2) is 0 Å². The lowest BCUT2D eigenvalue weighted by Gasteiger charge is -2.17. The molecule has 1 saturated carbocycles. The molecule has 0 aromatic carbocycles. The first-order chi connectivity index (χ1) is 9.19. The van der Waals surface area contributed by atoms with E-state index in [1.54, 1.807) is 4.90 Å². The molecule has 3 amide bonds. The summed E-state index contributed by atoms with van der Waals surface area (Å²) in [6.07, 6.45) is 3.42. The number of rotatable bonds is 6. The van der Waals surface area contributed by atoms with Crippen LogP contribution in [0, 0.1) is 5.92 Å². The number of likely N-dealkylation sites (tertiary alicyclic amines) is 1. The minimum absolute atomic E-state index is 0.0309. The van der Waals surface area contributed by atoms with Crippen LogP contribution in [0.2, 0.25) is 0 Å². The summed E-state index contributed by atoms with van der Waals surface area (Å²) in [7, 11) is 0. The first-order valence-corrected chi connectivity index (χ1v) is 7.22. The van der Waals surface area contributed by atoms with Gasteiger partial charge < -0.3 is 20.9 Å². The van der Waals surface area contributed by atoms with E-state index in [0.29, 0.717) is 26.2 Å². The van der Waals surface area contributed by atoms with Gasteiger partial charge in [0.25, 0.3) is 0 Å². The summed E-state index contributed by atoms with van der Waals surface area (Å²) in [5.74, 6) is 0.816. The molecule has 6 heteroatoms. The van der Waals surface area contributed by atoms with Gasteiger partial charge in [0.2, 0.25) is 5.91 Å². The Labute approximate surface area is 114 Å². The highest BCUT2D eigenvalue weighted by Crippen LogP contribution is 2.27. The van der Waals surface area contributed by atoms with Gasteiger partial charge in [0.05, 0.1) is 6.54 Å². The number of urea groups is 1. The first-order valence-electron chi connectivity index (χ1n) is 7.22. The van der Waals surface area contributed by atoms with Crippen LogP contribution in [-0.4, -0.2) is 55.6 Å². The number of nitrogens with zero attached hydrogens (tertiary/aromatic N) is 1. The second kappa shape index (κ2) is 6.75. The number of hydrogen-bond acceptors (Lipinski definition) is 3. The molecule has 0 aromatic heterocycles. The van der Waals surface area contributed by atoms with Crippen molar-refractivity contribution in [3.63, 3.8) is 0 Å². The molecule has 1 heterocycles. The maximum atomic E-state index is 11.7. The van der Waals surface area contributed by atoms with Crippen LogP contribution in [0.25, 0.3) is 0 Å². The summed E-state index contributed by atoms with van der Waals surface area (Å²) >= 11 is 0. The van der Waals surface area contributed by atoms with Crippen molar-refractivity contribution in [2.75, 3.05) is 32.7 Å². The van der Waals surface area contributed by atoms with E-state index >= 15 is 0 Å². The summed E-state index contributed by atoms with van der Waals surface area (Å²) in [6.45, 7) is 5.19. The summed E-state index contributed by atoms with van der Waals surface area (Å²) in [5, 5.41) is 8.92. The summed E-state index contributed by atoms with van der Waals surface area (Å²) in [4.78, 5) is 25.1. The minimum atomic E-state index is -0.0360. The molecule has 0 aromatic rings. The van der Waals surface area contributed by atoms with Crippen LogP contribution in [-0.2, 0) is 4.79 Å². The Morgan fingerprint density at radius 2 is 2.05 bits per heavy atom. The molecule has 1 aliphatic carbocycles. The van der Waals surface area contributed by atoms with Crippen molar-refractivity contribution in [3.05, 3.63) is 0 Å². The van der Waals surface area contributed by atoms with Crippen molar-refractivity contribution in [3.8, 4) is 0 Å². The second-order valence-electron chi connectivity index (χ2n) is 5.41. The monoisotopic (exact) mass is 268 g/mol. The summed E-state index contributed by atoms with van der Waals surface area (Å²) in [5.41, 5.74) is 0. The van der Waals surface area contributed by atoms with E-state index in [-0.39, 0.29) is 18.0 Å². The van der Waals surface area contributed by atoms with E-state index in [0.717, 1.165) is 18.9 Å². The zero-order valence-corrected chi connectivity index (χ0v) is 11.6. The van der Waals surface area contributed by atoms with Crippen LogP contribution >= 0.6 is 0 Å². The molecule has 1 atom stereocenters. The molecule has 2 fully saturated rings. The van der Waals surface area contributed by atoms with Crippen molar-refractivity contribution in [1.82, 2.24) is 20.9 Å². The van der Waals surface area contributed by atoms with E-state index in [4.69, 9.17) is 0 Å². The topological polar surface area (TPSA) is 73.5 Å². The number of nitrogens with one attached hydrogen (secondary N) is 3. The number of hydrogen-bond donors (Lipinski definition) is 3. The molecule has 3 N–H and O–H groups in total. The smallest absolute Gasteiger partial charge is 0.317 e. The van der Waals surface area contributed by atoms with Crippen molar-refractivity contribution in [1.29, 1.82) is 0 Å². The highest BCUT2D eigenvalue weighted by molar-refractivity contribution is 5.79. The lowest BCUT2D eigenvalue weighted by molar-refractivity contribution is -0.120. The van der Waals surface area contributed by atoms with E-state index in [9.17, 15) is 9.59 Å².